The summed E-state index contributed by atoms with van der Waals surface area (Å²) in [5.74, 6) is 0. The number of aromatic nitrogens is 1. The van der Waals surface area contributed by atoms with Crippen LogP contribution in [0.15, 0.2) is 18.3 Å². The highest BCUT2D eigenvalue weighted by Crippen LogP contribution is 2.20. The molecule has 4 heteroatoms. The van der Waals surface area contributed by atoms with Crippen LogP contribution in [-0.4, -0.2) is 10.2 Å². The quantitative estimate of drug-likeness (QED) is 0.543. The number of hydrogen-bond donors (Lipinski definition) is 2. The molecule has 1 rings (SSSR count). The third kappa shape index (κ3) is 2.68. The molecule has 72 valence electrons. The minimum Gasteiger partial charge on any atom is -0.259 e. The number of anilines is 1. The molecule has 0 aliphatic rings. The van der Waals surface area contributed by atoms with Crippen LogP contribution in [0.1, 0.15) is 26.5 Å². The fourth-order valence-corrected chi connectivity index (χ4v) is 0.951. The van der Waals surface area contributed by atoms with Gasteiger partial charge in [-0.3, -0.25) is 4.98 Å². The Hall–Kier alpha value is -1.13. The Morgan fingerprint density at radius 3 is 2.46 bits per heavy atom. The van der Waals surface area contributed by atoms with E-state index in [1.807, 2.05) is 6.07 Å². The van der Waals surface area contributed by atoms with Crippen LogP contribution < -0.4 is 5.48 Å². The summed E-state index contributed by atoms with van der Waals surface area (Å²) in [6.07, 6.45) is 1.61. The third-order valence-electron chi connectivity index (χ3n) is 1.70. The summed E-state index contributed by atoms with van der Waals surface area (Å²) in [5.41, 5.74) is 3.94. The molecular formula is C9H14N2O2. The summed E-state index contributed by atoms with van der Waals surface area (Å²) in [6.45, 7) is 6.26. The molecule has 0 atom stereocenters. The predicted octanol–water partition coefficient (Wildman–Crippen LogP) is 2.20. The van der Waals surface area contributed by atoms with E-state index in [-0.39, 0.29) is 5.41 Å². The fourth-order valence-electron chi connectivity index (χ4n) is 0.951. The lowest BCUT2D eigenvalue weighted by molar-refractivity contribution is -0.215. The summed E-state index contributed by atoms with van der Waals surface area (Å²) in [5, 5.41) is 8.11. The molecule has 13 heavy (non-hydrogen) atoms. The minimum absolute atomic E-state index is 0.0403. The lowest BCUT2D eigenvalue weighted by atomic mass is 9.92. The molecule has 0 fully saturated rings. The number of nitrogens with zero attached hydrogens (tertiary/aromatic N) is 1. The zero-order valence-electron chi connectivity index (χ0n) is 8.03. The van der Waals surface area contributed by atoms with Crippen molar-refractivity contribution in [3.05, 3.63) is 24.0 Å². The normalized spacial score (nSPS) is 11.4. The second-order valence-electron chi connectivity index (χ2n) is 3.88. The van der Waals surface area contributed by atoms with Gasteiger partial charge in [0.2, 0.25) is 0 Å². The molecule has 0 aromatic carbocycles. The molecule has 0 unspecified atom stereocenters. The second-order valence-corrected chi connectivity index (χ2v) is 3.88. The zero-order valence-corrected chi connectivity index (χ0v) is 8.03. The number of rotatable bonds is 2. The van der Waals surface area contributed by atoms with Crippen molar-refractivity contribution in [3.63, 3.8) is 0 Å². The van der Waals surface area contributed by atoms with Gasteiger partial charge in [0.15, 0.2) is 0 Å². The van der Waals surface area contributed by atoms with Crippen molar-refractivity contribution in [2.24, 2.45) is 0 Å². The topological polar surface area (TPSA) is 54.4 Å². The Kier molecular flexibility index (Phi) is 2.85. The second kappa shape index (κ2) is 3.72. The van der Waals surface area contributed by atoms with Gasteiger partial charge in [0.1, 0.15) is 0 Å². The Labute approximate surface area is 77.5 Å². The highest BCUT2D eigenvalue weighted by atomic mass is 17.2. The molecule has 2 N–H and O–H groups in total. The molecule has 0 saturated heterocycles. The fraction of sp³-hybridized carbons (Fsp3) is 0.444. The molecule has 0 radical (unpaired) electrons. The maximum atomic E-state index is 8.11. The van der Waals surface area contributed by atoms with Gasteiger partial charge in [-0.25, -0.2) is 10.7 Å². The largest absolute Gasteiger partial charge is 0.259 e. The number of pyridine rings is 1. The van der Waals surface area contributed by atoms with Crippen molar-refractivity contribution in [2.75, 3.05) is 5.48 Å². The standard InChI is InChI=1S/C9H14N2O2/c1-9(2,3)8-5-4-7(6-10-8)11-13-12/h4-6,11-12H,1-3H3. The molecule has 1 aromatic rings. The van der Waals surface area contributed by atoms with E-state index in [0.717, 1.165) is 5.69 Å². The SMILES string of the molecule is CC(C)(C)c1ccc(NOO)cn1. The molecule has 1 heterocycles. The van der Waals surface area contributed by atoms with Crippen LogP contribution in [-0.2, 0) is 10.4 Å². The van der Waals surface area contributed by atoms with Crippen LogP contribution in [0.25, 0.3) is 0 Å². The van der Waals surface area contributed by atoms with Gasteiger partial charge >= 0.3 is 0 Å². The molecular weight excluding hydrogens is 168 g/mol. The number of hydrogen-bond acceptors (Lipinski definition) is 4. The molecule has 0 aliphatic carbocycles. The molecule has 0 amide bonds. The summed E-state index contributed by atoms with van der Waals surface area (Å²) in [6, 6.07) is 3.69. The molecule has 0 aliphatic heterocycles. The maximum Gasteiger partial charge on any atom is 0.0818 e. The van der Waals surface area contributed by atoms with Crippen molar-refractivity contribution < 1.29 is 10.2 Å². The smallest absolute Gasteiger partial charge is 0.0818 e. The van der Waals surface area contributed by atoms with Gasteiger partial charge in [-0.05, 0) is 12.1 Å². The maximum absolute atomic E-state index is 8.11. The van der Waals surface area contributed by atoms with E-state index in [2.05, 4.69) is 36.2 Å². The first-order chi connectivity index (χ1) is 6.04. The van der Waals surface area contributed by atoms with Crippen LogP contribution in [0.3, 0.4) is 0 Å². The van der Waals surface area contributed by atoms with Gasteiger partial charge in [0.25, 0.3) is 0 Å². The van der Waals surface area contributed by atoms with E-state index >= 15 is 0 Å². The average Bonchev–Trinajstić information content (AvgIpc) is 2.04. The predicted molar refractivity (Wildman–Crippen MR) is 50.3 cm³/mol. The summed E-state index contributed by atoms with van der Waals surface area (Å²) in [4.78, 5) is 7.98. The van der Waals surface area contributed by atoms with E-state index in [1.54, 1.807) is 12.3 Å². The van der Waals surface area contributed by atoms with E-state index in [1.165, 1.54) is 0 Å². The first kappa shape index (κ1) is 9.95. The van der Waals surface area contributed by atoms with Gasteiger partial charge < -0.3 is 0 Å². The highest BCUT2D eigenvalue weighted by Gasteiger charge is 2.14. The molecule has 1 aromatic heterocycles. The summed E-state index contributed by atoms with van der Waals surface area (Å²) < 4.78 is 0. The van der Waals surface area contributed by atoms with Gasteiger partial charge in [-0.2, -0.15) is 0 Å². The molecule has 0 spiro atoms. The summed E-state index contributed by atoms with van der Waals surface area (Å²) in [7, 11) is 0. The van der Waals surface area contributed by atoms with E-state index in [0.29, 0.717) is 5.69 Å². The van der Waals surface area contributed by atoms with Crippen LogP contribution in [0.2, 0.25) is 0 Å². The Bertz CT molecular complexity index is 264. The third-order valence-corrected chi connectivity index (χ3v) is 1.70. The van der Waals surface area contributed by atoms with E-state index in [9.17, 15) is 0 Å². The lowest BCUT2D eigenvalue weighted by Gasteiger charge is -2.17. The Morgan fingerprint density at radius 2 is 2.08 bits per heavy atom. The Balaban J connectivity index is 2.81. The van der Waals surface area contributed by atoms with Gasteiger partial charge in [-0.1, -0.05) is 20.8 Å². The lowest BCUT2D eigenvalue weighted by Crippen LogP contribution is -2.13. The van der Waals surface area contributed by atoms with Crippen LogP contribution >= 0.6 is 0 Å². The average molecular weight is 182 g/mol. The highest BCUT2D eigenvalue weighted by molar-refractivity contribution is 5.39. The Morgan fingerprint density at radius 1 is 1.38 bits per heavy atom. The molecule has 4 nitrogen and oxygen atoms in total. The molecule has 0 bridgehead atoms. The van der Waals surface area contributed by atoms with Crippen molar-refractivity contribution in [1.29, 1.82) is 0 Å². The first-order valence-electron chi connectivity index (χ1n) is 4.07. The van der Waals surface area contributed by atoms with Gasteiger partial charge in [0.05, 0.1) is 11.9 Å². The van der Waals surface area contributed by atoms with Crippen LogP contribution in [0, 0.1) is 0 Å². The van der Waals surface area contributed by atoms with E-state index < -0.39 is 0 Å². The van der Waals surface area contributed by atoms with Crippen molar-refractivity contribution >= 4 is 5.69 Å². The summed E-state index contributed by atoms with van der Waals surface area (Å²) >= 11 is 0. The van der Waals surface area contributed by atoms with Crippen molar-refractivity contribution in [3.8, 4) is 0 Å². The zero-order chi connectivity index (χ0) is 9.90. The number of nitrogens with one attached hydrogen (secondary N) is 1. The van der Waals surface area contributed by atoms with Gasteiger partial charge in [-0.15, -0.1) is 4.99 Å². The molecule has 0 saturated carbocycles. The van der Waals surface area contributed by atoms with E-state index in [4.69, 9.17) is 5.26 Å². The monoisotopic (exact) mass is 182 g/mol. The minimum atomic E-state index is 0.0403. The van der Waals surface area contributed by atoms with Crippen LogP contribution in [0.4, 0.5) is 5.69 Å². The van der Waals surface area contributed by atoms with Gasteiger partial charge in [0, 0.05) is 11.1 Å². The van der Waals surface area contributed by atoms with Crippen molar-refractivity contribution in [2.45, 2.75) is 26.2 Å². The van der Waals surface area contributed by atoms with Crippen molar-refractivity contribution in [1.82, 2.24) is 4.98 Å². The van der Waals surface area contributed by atoms with Crippen LogP contribution in [0.5, 0.6) is 0 Å². The first-order valence-corrected chi connectivity index (χ1v) is 4.07.